The molecule has 0 bridgehead atoms. The average molecular weight is 631 g/mol. The third-order valence-corrected chi connectivity index (χ3v) is 8.80. The molecular formula is C28H26BrF2N5O3S. The zero-order valence-electron chi connectivity index (χ0n) is 21.7. The molecule has 1 unspecified atom stereocenters. The van der Waals surface area contributed by atoms with Gasteiger partial charge in [0.1, 0.15) is 17.3 Å². The Morgan fingerprint density at radius 2 is 1.90 bits per heavy atom. The lowest BCUT2D eigenvalue weighted by Gasteiger charge is -2.35. The van der Waals surface area contributed by atoms with E-state index in [4.69, 9.17) is 0 Å². The summed E-state index contributed by atoms with van der Waals surface area (Å²) in [6, 6.07) is 15.1. The Labute approximate surface area is 239 Å². The first-order valence-electron chi connectivity index (χ1n) is 12.5. The van der Waals surface area contributed by atoms with Crippen LogP contribution in [0.1, 0.15) is 42.1 Å². The standard InChI is InChI=1S/C28H26BrF2N5O3S/c1-17(21-9-7-19(29)13-25(21)31)35-16-26(33-34-35)23-14-20(8-10-24(23)30)32-28(37)15-27-22-6-4-3-5-18(22)11-12-36(27)40(2,38)39/h3-10,13-14,16-17,27H,11-12,15H2,1-2H3,(H,32,37)/t17-,27?/m1/s1. The van der Waals surface area contributed by atoms with E-state index in [1.807, 2.05) is 24.3 Å². The summed E-state index contributed by atoms with van der Waals surface area (Å²) >= 11 is 3.24. The van der Waals surface area contributed by atoms with Crippen molar-refractivity contribution in [1.29, 1.82) is 0 Å². The van der Waals surface area contributed by atoms with E-state index in [-0.39, 0.29) is 24.2 Å². The Hall–Kier alpha value is -3.48. The predicted molar refractivity (Wildman–Crippen MR) is 151 cm³/mol. The van der Waals surface area contributed by atoms with Crippen LogP contribution in [0.2, 0.25) is 0 Å². The van der Waals surface area contributed by atoms with Crippen LogP contribution >= 0.6 is 15.9 Å². The summed E-state index contributed by atoms with van der Waals surface area (Å²) in [6.07, 6.45) is 3.11. The molecule has 1 N–H and O–H groups in total. The van der Waals surface area contributed by atoms with Gasteiger partial charge in [-0.05, 0) is 54.8 Å². The number of nitrogens with zero attached hydrogens (tertiary/aromatic N) is 4. The second-order valence-corrected chi connectivity index (χ2v) is 12.6. The topological polar surface area (TPSA) is 97.2 Å². The van der Waals surface area contributed by atoms with E-state index in [2.05, 4.69) is 31.6 Å². The smallest absolute Gasteiger partial charge is 0.226 e. The number of amides is 1. The molecule has 0 saturated heterocycles. The number of benzene rings is 3. The lowest BCUT2D eigenvalue weighted by atomic mass is 9.92. The molecule has 0 aliphatic carbocycles. The van der Waals surface area contributed by atoms with E-state index >= 15 is 0 Å². The third kappa shape index (κ3) is 5.84. The van der Waals surface area contributed by atoms with Crippen LogP contribution in [0.4, 0.5) is 14.5 Å². The van der Waals surface area contributed by atoms with E-state index in [1.54, 1.807) is 19.1 Å². The van der Waals surface area contributed by atoms with Gasteiger partial charge >= 0.3 is 0 Å². The fourth-order valence-corrected chi connectivity index (χ4v) is 6.40. The minimum atomic E-state index is -3.55. The average Bonchev–Trinajstić information content (AvgIpc) is 3.39. The molecule has 1 aliphatic rings. The molecule has 1 amide bonds. The number of halogens is 3. The molecule has 12 heteroatoms. The lowest BCUT2D eigenvalue weighted by Crippen LogP contribution is -2.40. The van der Waals surface area contributed by atoms with Gasteiger partial charge in [-0.3, -0.25) is 4.79 Å². The molecule has 1 aliphatic heterocycles. The van der Waals surface area contributed by atoms with Gasteiger partial charge in [-0.25, -0.2) is 21.9 Å². The normalized spacial score (nSPS) is 16.4. The van der Waals surface area contributed by atoms with Crippen molar-refractivity contribution in [3.8, 4) is 11.3 Å². The van der Waals surface area contributed by atoms with Gasteiger partial charge in [0, 0.05) is 34.3 Å². The van der Waals surface area contributed by atoms with Crippen LogP contribution in [-0.2, 0) is 21.2 Å². The van der Waals surface area contributed by atoms with Crippen molar-refractivity contribution in [1.82, 2.24) is 19.3 Å². The molecule has 3 aromatic carbocycles. The molecule has 2 heterocycles. The molecule has 0 spiro atoms. The van der Waals surface area contributed by atoms with Crippen molar-refractivity contribution in [2.24, 2.45) is 0 Å². The molecular weight excluding hydrogens is 604 g/mol. The minimum absolute atomic E-state index is 0.105. The van der Waals surface area contributed by atoms with E-state index in [1.165, 1.54) is 39.4 Å². The highest BCUT2D eigenvalue weighted by molar-refractivity contribution is 9.10. The van der Waals surface area contributed by atoms with Gasteiger partial charge in [-0.15, -0.1) is 5.10 Å². The number of nitrogens with one attached hydrogen (secondary N) is 1. The summed E-state index contributed by atoms with van der Waals surface area (Å²) in [5.41, 5.74) is 2.83. The molecule has 5 rings (SSSR count). The Kier molecular flexibility index (Phi) is 7.85. The van der Waals surface area contributed by atoms with E-state index in [9.17, 15) is 22.0 Å². The Morgan fingerprint density at radius 3 is 2.65 bits per heavy atom. The van der Waals surface area contributed by atoms with Crippen LogP contribution in [0.15, 0.2) is 71.3 Å². The van der Waals surface area contributed by atoms with Crippen LogP contribution < -0.4 is 5.32 Å². The van der Waals surface area contributed by atoms with Gasteiger partial charge in [0.25, 0.3) is 0 Å². The second kappa shape index (κ2) is 11.2. The highest BCUT2D eigenvalue weighted by Crippen LogP contribution is 2.34. The molecule has 4 aromatic rings. The second-order valence-electron chi connectivity index (χ2n) is 9.71. The molecule has 208 valence electrons. The van der Waals surface area contributed by atoms with Crippen LogP contribution in [0.3, 0.4) is 0 Å². The highest BCUT2D eigenvalue weighted by atomic mass is 79.9. The van der Waals surface area contributed by atoms with Crippen LogP contribution in [0, 0.1) is 11.6 Å². The number of fused-ring (bicyclic) bond motifs is 1. The first-order valence-corrected chi connectivity index (χ1v) is 15.2. The maximum atomic E-state index is 14.8. The van der Waals surface area contributed by atoms with Crippen molar-refractivity contribution in [2.45, 2.75) is 31.8 Å². The Balaban J connectivity index is 1.36. The summed E-state index contributed by atoms with van der Waals surface area (Å²) in [7, 11) is -3.55. The fraction of sp³-hybridized carbons (Fsp3) is 0.250. The highest BCUT2D eigenvalue weighted by Gasteiger charge is 2.34. The van der Waals surface area contributed by atoms with Crippen LogP contribution in [0.25, 0.3) is 11.3 Å². The van der Waals surface area contributed by atoms with Crippen molar-refractivity contribution in [3.05, 3.63) is 99.7 Å². The first-order chi connectivity index (χ1) is 19.0. The van der Waals surface area contributed by atoms with E-state index < -0.39 is 39.6 Å². The molecule has 8 nitrogen and oxygen atoms in total. The maximum absolute atomic E-state index is 14.8. The van der Waals surface area contributed by atoms with Crippen molar-refractivity contribution >= 4 is 37.5 Å². The Morgan fingerprint density at radius 1 is 1.12 bits per heavy atom. The summed E-state index contributed by atoms with van der Waals surface area (Å²) in [4.78, 5) is 13.1. The van der Waals surface area contributed by atoms with Crippen molar-refractivity contribution in [3.63, 3.8) is 0 Å². The fourth-order valence-electron chi connectivity index (χ4n) is 5.00. The summed E-state index contributed by atoms with van der Waals surface area (Å²) in [6.45, 7) is 2.04. The molecule has 0 fully saturated rings. The number of anilines is 1. The quantitative estimate of drug-likeness (QED) is 0.292. The SMILES string of the molecule is C[C@H](c1ccc(Br)cc1F)n1cc(-c2cc(NC(=O)CC3c4ccccc4CCN3S(C)(=O)=O)ccc2F)nn1. The molecule has 0 saturated carbocycles. The first kappa shape index (κ1) is 28.1. The largest absolute Gasteiger partial charge is 0.326 e. The molecule has 1 aromatic heterocycles. The van der Waals surface area contributed by atoms with Gasteiger partial charge in [-0.2, -0.15) is 4.31 Å². The number of sulfonamides is 1. The summed E-state index contributed by atoms with van der Waals surface area (Å²) in [5.74, 6) is -1.40. The number of hydrogen-bond acceptors (Lipinski definition) is 5. The zero-order chi connectivity index (χ0) is 28.6. The lowest BCUT2D eigenvalue weighted by molar-refractivity contribution is -0.117. The molecule has 2 atom stereocenters. The van der Waals surface area contributed by atoms with Gasteiger partial charge in [0.2, 0.25) is 15.9 Å². The monoisotopic (exact) mass is 629 g/mol. The zero-order valence-corrected chi connectivity index (χ0v) is 24.1. The third-order valence-electron chi connectivity index (χ3n) is 7.01. The number of carbonyl (C=O) groups is 1. The van der Waals surface area contributed by atoms with Gasteiger partial charge in [-0.1, -0.05) is 51.5 Å². The minimum Gasteiger partial charge on any atom is -0.326 e. The van der Waals surface area contributed by atoms with Gasteiger partial charge in [0.15, 0.2) is 0 Å². The van der Waals surface area contributed by atoms with Crippen LogP contribution in [0.5, 0.6) is 0 Å². The number of aromatic nitrogens is 3. The summed E-state index contributed by atoms with van der Waals surface area (Å²) in [5, 5.41) is 10.9. The van der Waals surface area contributed by atoms with Gasteiger partial charge < -0.3 is 5.32 Å². The Bertz CT molecular complexity index is 1690. The van der Waals surface area contributed by atoms with Crippen LogP contribution in [-0.4, -0.2) is 46.4 Å². The number of rotatable bonds is 7. The van der Waals surface area contributed by atoms with Crippen molar-refractivity contribution in [2.75, 3.05) is 18.1 Å². The summed E-state index contributed by atoms with van der Waals surface area (Å²) < 4.78 is 57.6. The van der Waals surface area contributed by atoms with Crippen molar-refractivity contribution < 1.29 is 22.0 Å². The molecule has 0 radical (unpaired) electrons. The van der Waals surface area contributed by atoms with E-state index in [0.29, 0.717) is 22.1 Å². The number of carbonyl (C=O) groups excluding carboxylic acids is 1. The molecule has 40 heavy (non-hydrogen) atoms. The number of hydrogen-bond donors (Lipinski definition) is 1. The van der Waals surface area contributed by atoms with E-state index in [0.717, 1.165) is 17.4 Å². The predicted octanol–water partition coefficient (Wildman–Crippen LogP) is 5.48. The van der Waals surface area contributed by atoms with Gasteiger partial charge in [0.05, 0.1) is 24.5 Å². The maximum Gasteiger partial charge on any atom is 0.226 e.